The highest BCUT2D eigenvalue weighted by atomic mass is 32.2. The van der Waals surface area contributed by atoms with Gasteiger partial charge in [-0.05, 0) is 37.1 Å². The van der Waals surface area contributed by atoms with Crippen molar-refractivity contribution in [3.05, 3.63) is 29.8 Å². The first-order valence-corrected chi connectivity index (χ1v) is 8.42. The maximum atomic E-state index is 12.6. The highest BCUT2D eigenvalue weighted by Gasteiger charge is 2.24. The van der Waals surface area contributed by atoms with Crippen molar-refractivity contribution in [1.29, 1.82) is 0 Å². The van der Waals surface area contributed by atoms with Crippen molar-refractivity contribution in [2.45, 2.75) is 17.7 Å². The van der Waals surface area contributed by atoms with Crippen molar-refractivity contribution in [3.63, 3.8) is 0 Å². The zero-order chi connectivity index (χ0) is 15.1. The van der Waals surface area contributed by atoms with Gasteiger partial charge in [0, 0.05) is 18.0 Å². The normalized spacial score (nSPS) is 15.7. The maximum absolute atomic E-state index is 12.6. The molecule has 0 saturated carbocycles. The summed E-state index contributed by atoms with van der Waals surface area (Å²) >= 11 is 1.62. The lowest BCUT2D eigenvalue weighted by atomic mass is 9.97. The summed E-state index contributed by atoms with van der Waals surface area (Å²) < 4.78 is 5.40. The van der Waals surface area contributed by atoms with E-state index in [0.717, 1.165) is 36.4 Å². The molecule has 1 amide bonds. The molecule has 1 aliphatic rings. The number of piperidine rings is 1. The largest absolute Gasteiger partial charge is 0.369 e. The fraction of sp³-hybridized carbons (Fsp3) is 0.471. The van der Waals surface area contributed by atoms with Crippen LogP contribution in [-0.2, 0) is 4.74 Å². The number of likely N-dealkylation sites (tertiary alicyclic amines) is 1. The van der Waals surface area contributed by atoms with Crippen LogP contribution in [0.25, 0.3) is 0 Å². The van der Waals surface area contributed by atoms with Gasteiger partial charge >= 0.3 is 0 Å². The lowest BCUT2D eigenvalue weighted by molar-refractivity contribution is 0.0579. The molecular weight excluding hydrogens is 282 g/mol. The van der Waals surface area contributed by atoms with Gasteiger partial charge in [0.2, 0.25) is 0 Å². The Kier molecular flexibility index (Phi) is 6.16. The Morgan fingerprint density at radius 1 is 1.43 bits per heavy atom. The zero-order valence-electron chi connectivity index (χ0n) is 12.4. The molecule has 0 bridgehead atoms. The summed E-state index contributed by atoms with van der Waals surface area (Å²) in [4.78, 5) is 15.6. The van der Waals surface area contributed by atoms with Crippen LogP contribution < -0.4 is 0 Å². The van der Waals surface area contributed by atoms with Crippen LogP contribution >= 0.6 is 11.8 Å². The molecule has 1 aromatic carbocycles. The van der Waals surface area contributed by atoms with Gasteiger partial charge in [-0.3, -0.25) is 4.79 Å². The Morgan fingerprint density at radius 3 is 2.81 bits per heavy atom. The van der Waals surface area contributed by atoms with Gasteiger partial charge in [-0.15, -0.1) is 18.2 Å². The smallest absolute Gasteiger partial charge is 0.254 e. The summed E-state index contributed by atoms with van der Waals surface area (Å²) in [6.45, 7) is 2.67. The number of hydrogen-bond donors (Lipinski definition) is 0. The number of terminal acetylenes is 1. The van der Waals surface area contributed by atoms with Crippen molar-refractivity contribution < 1.29 is 9.53 Å². The Labute approximate surface area is 131 Å². The second kappa shape index (κ2) is 8.11. The van der Waals surface area contributed by atoms with Crippen molar-refractivity contribution in [1.82, 2.24) is 4.90 Å². The third-order valence-corrected chi connectivity index (χ3v) is 4.57. The first-order chi connectivity index (χ1) is 10.3. The van der Waals surface area contributed by atoms with Gasteiger partial charge in [-0.1, -0.05) is 18.1 Å². The highest BCUT2D eigenvalue weighted by Crippen LogP contribution is 2.24. The Balaban J connectivity index is 1.90. The number of hydrogen-bond acceptors (Lipinski definition) is 3. The van der Waals surface area contributed by atoms with Crippen LogP contribution in [0.5, 0.6) is 0 Å². The highest BCUT2D eigenvalue weighted by molar-refractivity contribution is 7.98. The summed E-state index contributed by atoms with van der Waals surface area (Å²) in [5, 5.41) is 0. The topological polar surface area (TPSA) is 29.5 Å². The standard InChI is InChI=1S/C17H21NO2S/c1-3-12-20-13-14-8-10-18(11-9-14)17(19)15-6-4-5-7-16(15)21-2/h1,4-7,14H,8-13H2,2H3. The lowest BCUT2D eigenvalue weighted by Gasteiger charge is -2.32. The molecule has 112 valence electrons. The summed E-state index contributed by atoms with van der Waals surface area (Å²) in [5.41, 5.74) is 0.812. The molecule has 21 heavy (non-hydrogen) atoms. The number of thioether (sulfide) groups is 1. The van der Waals surface area contributed by atoms with E-state index >= 15 is 0 Å². The van der Waals surface area contributed by atoms with E-state index in [0.29, 0.717) is 19.1 Å². The minimum Gasteiger partial charge on any atom is -0.369 e. The monoisotopic (exact) mass is 303 g/mol. The third-order valence-electron chi connectivity index (χ3n) is 3.78. The molecule has 1 aliphatic heterocycles. The Morgan fingerprint density at radius 2 is 2.14 bits per heavy atom. The van der Waals surface area contributed by atoms with E-state index in [9.17, 15) is 4.79 Å². The number of benzene rings is 1. The van der Waals surface area contributed by atoms with Crippen LogP contribution in [0.1, 0.15) is 23.2 Å². The molecule has 1 saturated heterocycles. The quantitative estimate of drug-likeness (QED) is 0.476. The molecule has 0 spiro atoms. The zero-order valence-corrected chi connectivity index (χ0v) is 13.2. The van der Waals surface area contributed by atoms with Gasteiger partial charge < -0.3 is 9.64 Å². The molecule has 1 aromatic rings. The van der Waals surface area contributed by atoms with Crippen LogP contribution in [0.2, 0.25) is 0 Å². The van der Waals surface area contributed by atoms with E-state index < -0.39 is 0 Å². The summed E-state index contributed by atoms with van der Waals surface area (Å²) in [7, 11) is 0. The first-order valence-electron chi connectivity index (χ1n) is 7.19. The Hall–Kier alpha value is -1.44. The summed E-state index contributed by atoms with van der Waals surface area (Å²) in [6.07, 6.45) is 9.14. The van der Waals surface area contributed by atoms with E-state index in [1.807, 2.05) is 35.4 Å². The van der Waals surface area contributed by atoms with E-state index in [2.05, 4.69) is 5.92 Å². The minimum absolute atomic E-state index is 0.142. The van der Waals surface area contributed by atoms with Crippen LogP contribution in [-0.4, -0.2) is 43.4 Å². The van der Waals surface area contributed by atoms with Gasteiger partial charge in [0.1, 0.15) is 6.61 Å². The molecule has 1 fully saturated rings. The molecule has 0 unspecified atom stereocenters. The molecule has 0 radical (unpaired) electrons. The van der Waals surface area contributed by atoms with Gasteiger partial charge in [-0.2, -0.15) is 0 Å². The van der Waals surface area contributed by atoms with E-state index in [4.69, 9.17) is 11.2 Å². The van der Waals surface area contributed by atoms with Crippen LogP contribution in [0, 0.1) is 18.3 Å². The molecule has 4 heteroatoms. The average Bonchev–Trinajstić information content (AvgIpc) is 2.55. The maximum Gasteiger partial charge on any atom is 0.254 e. The molecule has 3 nitrogen and oxygen atoms in total. The number of rotatable bonds is 5. The SMILES string of the molecule is C#CCOCC1CCN(C(=O)c2ccccc2SC)CC1. The fourth-order valence-corrected chi connectivity index (χ4v) is 3.17. The van der Waals surface area contributed by atoms with Crippen molar-refractivity contribution in [2.75, 3.05) is 32.6 Å². The van der Waals surface area contributed by atoms with Crippen LogP contribution in [0.4, 0.5) is 0 Å². The van der Waals surface area contributed by atoms with E-state index in [1.165, 1.54) is 0 Å². The molecular formula is C17H21NO2S. The van der Waals surface area contributed by atoms with Crippen molar-refractivity contribution in [2.24, 2.45) is 5.92 Å². The number of nitrogens with zero attached hydrogens (tertiary/aromatic N) is 1. The molecule has 2 rings (SSSR count). The van der Waals surface area contributed by atoms with Gasteiger partial charge in [0.25, 0.3) is 5.91 Å². The predicted molar refractivity (Wildman–Crippen MR) is 86.5 cm³/mol. The third kappa shape index (κ3) is 4.26. The second-order valence-electron chi connectivity index (χ2n) is 5.16. The van der Waals surface area contributed by atoms with Gasteiger partial charge in [0.15, 0.2) is 0 Å². The first kappa shape index (κ1) is 15.9. The van der Waals surface area contributed by atoms with Crippen molar-refractivity contribution in [3.8, 4) is 12.3 Å². The fourth-order valence-electron chi connectivity index (χ4n) is 2.58. The van der Waals surface area contributed by atoms with Crippen LogP contribution in [0.3, 0.4) is 0 Å². The summed E-state index contributed by atoms with van der Waals surface area (Å²) in [5.74, 6) is 3.13. The van der Waals surface area contributed by atoms with E-state index in [-0.39, 0.29) is 5.91 Å². The molecule has 0 atom stereocenters. The average molecular weight is 303 g/mol. The summed E-state index contributed by atoms with van der Waals surface area (Å²) in [6, 6.07) is 7.81. The van der Waals surface area contributed by atoms with Crippen molar-refractivity contribution >= 4 is 17.7 Å². The predicted octanol–water partition coefficient (Wildman–Crippen LogP) is 2.91. The molecule has 0 N–H and O–H groups in total. The number of carbonyl (C=O) groups is 1. The van der Waals surface area contributed by atoms with Gasteiger partial charge in [-0.25, -0.2) is 0 Å². The number of carbonyl (C=O) groups excluding carboxylic acids is 1. The van der Waals surface area contributed by atoms with E-state index in [1.54, 1.807) is 11.8 Å². The second-order valence-corrected chi connectivity index (χ2v) is 6.00. The lowest BCUT2D eigenvalue weighted by Crippen LogP contribution is -2.39. The van der Waals surface area contributed by atoms with Gasteiger partial charge in [0.05, 0.1) is 12.2 Å². The number of amides is 1. The molecule has 0 aliphatic carbocycles. The molecule has 0 aromatic heterocycles. The number of ether oxygens (including phenoxy) is 1. The Bertz CT molecular complexity index is 516. The molecule has 1 heterocycles. The minimum atomic E-state index is 0.142. The van der Waals surface area contributed by atoms with Crippen LogP contribution in [0.15, 0.2) is 29.2 Å².